The van der Waals surface area contributed by atoms with Gasteiger partial charge >= 0.3 is 0 Å². The van der Waals surface area contributed by atoms with Crippen LogP contribution in [0.25, 0.3) is 0 Å². The Labute approximate surface area is 124 Å². The van der Waals surface area contributed by atoms with E-state index in [9.17, 15) is 5.11 Å². The molecule has 0 bridgehead atoms. The standard InChI is InChI=1S/C16H21NO2S/c1-3-5-13(16-6-4-9-20-16)17-11-12-7-8-14(18)15(10-12)19-2/h4,6-10,13,17-18H,3,5,11H2,1-2H3. The SMILES string of the molecule is CCCC(NCc1ccc(O)c(OC)c1)c1cccs1. The molecule has 108 valence electrons. The first-order valence-corrected chi connectivity index (χ1v) is 7.75. The number of thiophene rings is 1. The summed E-state index contributed by atoms with van der Waals surface area (Å²) in [7, 11) is 1.57. The lowest BCUT2D eigenvalue weighted by Gasteiger charge is -2.17. The van der Waals surface area contributed by atoms with Crippen LogP contribution in [0.2, 0.25) is 0 Å². The van der Waals surface area contributed by atoms with E-state index in [2.05, 4.69) is 29.8 Å². The Morgan fingerprint density at radius 1 is 1.35 bits per heavy atom. The lowest BCUT2D eigenvalue weighted by Crippen LogP contribution is -2.19. The van der Waals surface area contributed by atoms with Gasteiger partial charge in [0.15, 0.2) is 11.5 Å². The highest BCUT2D eigenvalue weighted by Crippen LogP contribution is 2.27. The predicted molar refractivity (Wildman–Crippen MR) is 83.5 cm³/mol. The van der Waals surface area contributed by atoms with E-state index in [-0.39, 0.29) is 5.75 Å². The summed E-state index contributed by atoms with van der Waals surface area (Å²) in [4.78, 5) is 1.37. The van der Waals surface area contributed by atoms with Crippen molar-refractivity contribution in [2.75, 3.05) is 7.11 Å². The van der Waals surface area contributed by atoms with E-state index in [4.69, 9.17) is 4.74 Å². The highest BCUT2D eigenvalue weighted by atomic mass is 32.1. The van der Waals surface area contributed by atoms with Crippen molar-refractivity contribution in [3.63, 3.8) is 0 Å². The van der Waals surface area contributed by atoms with Gasteiger partial charge in [-0.15, -0.1) is 11.3 Å². The van der Waals surface area contributed by atoms with Crippen LogP contribution in [-0.4, -0.2) is 12.2 Å². The molecule has 0 amide bonds. The molecule has 4 heteroatoms. The molecule has 0 saturated carbocycles. The zero-order valence-corrected chi connectivity index (χ0v) is 12.7. The Hall–Kier alpha value is -1.52. The third-order valence-corrected chi connectivity index (χ3v) is 4.25. The lowest BCUT2D eigenvalue weighted by atomic mass is 10.1. The Bertz CT molecular complexity index is 525. The smallest absolute Gasteiger partial charge is 0.160 e. The second kappa shape index (κ2) is 7.31. The first-order chi connectivity index (χ1) is 9.74. The second-order valence-corrected chi connectivity index (χ2v) is 5.72. The van der Waals surface area contributed by atoms with Gasteiger partial charge in [0, 0.05) is 17.5 Å². The third-order valence-electron chi connectivity index (χ3n) is 3.26. The minimum atomic E-state index is 0.180. The van der Waals surface area contributed by atoms with Gasteiger partial charge in [-0.25, -0.2) is 0 Å². The number of phenolic OH excluding ortho intramolecular Hbond substituents is 1. The number of hydrogen-bond acceptors (Lipinski definition) is 4. The van der Waals surface area contributed by atoms with Gasteiger partial charge in [0.1, 0.15) is 0 Å². The van der Waals surface area contributed by atoms with Crippen LogP contribution in [0.4, 0.5) is 0 Å². The van der Waals surface area contributed by atoms with Gasteiger partial charge in [-0.2, -0.15) is 0 Å². The average Bonchev–Trinajstić information content (AvgIpc) is 2.99. The van der Waals surface area contributed by atoms with Crippen LogP contribution < -0.4 is 10.1 Å². The predicted octanol–water partition coefficient (Wildman–Crippen LogP) is 4.09. The van der Waals surface area contributed by atoms with Crippen LogP contribution in [0.3, 0.4) is 0 Å². The zero-order valence-electron chi connectivity index (χ0n) is 11.9. The Kier molecular flexibility index (Phi) is 5.44. The van der Waals surface area contributed by atoms with Gasteiger partial charge in [0.05, 0.1) is 7.11 Å². The molecule has 2 N–H and O–H groups in total. The maximum atomic E-state index is 9.60. The summed E-state index contributed by atoms with van der Waals surface area (Å²) in [6.07, 6.45) is 2.27. The van der Waals surface area contributed by atoms with Crippen molar-refractivity contribution in [2.24, 2.45) is 0 Å². The quantitative estimate of drug-likeness (QED) is 0.807. The van der Waals surface area contributed by atoms with E-state index in [0.29, 0.717) is 11.8 Å². The summed E-state index contributed by atoms with van der Waals surface area (Å²) in [5, 5.41) is 15.3. The highest BCUT2D eigenvalue weighted by molar-refractivity contribution is 7.10. The van der Waals surface area contributed by atoms with Crippen LogP contribution in [-0.2, 0) is 6.54 Å². The number of rotatable bonds is 7. The Morgan fingerprint density at radius 3 is 2.85 bits per heavy atom. The van der Waals surface area contributed by atoms with Gasteiger partial charge in [-0.05, 0) is 35.6 Å². The van der Waals surface area contributed by atoms with E-state index >= 15 is 0 Å². The molecule has 1 aromatic heterocycles. The van der Waals surface area contributed by atoms with Crippen molar-refractivity contribution in [1.29, 1.82) is 0 Å². The minimum absolute atomic E-state index is 0.180. The number of nitrogens with one attached hydrogen (secondary N) is 1. The molecular weight excluding hydrogens is 270 g/mol. The summed E-state index contributed by atoms with van der Waals surface area (Å²) >= 11 is 1.79. The van der Waals surface area contributed by atoms with E-state index in [0.717, 1.165) is 24.9 Å². The molecule has 20 heavy (non-hydrogen) atoms. The van der Waals surface area contributed by atoms with Crippen molar-refractivity contribution in [2.45, 2.75) is 32.4 Å². The van der Waals surface area contributed by atoms with E-state index < -0.39 is 0 Å². The molecule has 0 aliphatic rings. The fourth-order valence-corrected chi connectivity index (χ4v) is 3.03. The number of hydrogen-bond donors (Lipinski definition) is 2. The van der Waals surface area contributed by atoms with Crippen molar-refractivity contribution in [1.82, 2.24) is 5.32 Å². The van der Waals surface area contributed by atoms with Crippen molar-refractivity contribution in [3.05, 3.63) is 46.2 Å². The van der Waals surface area contributed by atoms with Crippen molar-refractivity contribution < 1.29 is 9.84 Å². The first-order valence-electron chi connectivity index (χ1n) is 6.87. The van der Waals surface area contributed by atoms with Crippen molar-refractivity contribution >= 4 is 11.3 Å². The molecule has 0 spiro atoms. The van der Waals surface area contributed by atoms with E-state index in [1.54, 1.807) is 24.5 Å². The normalized spacial score (nSPS) is 12.3. The fourth-order valence-electron chi connectivity index (χ4n) is 2.20. The van der Waals surface area contributed by atoms with Crippen LogP contribution in [0.5, 0.6) is 11.5 Å². The van der Waals surface area contributed by atoms with Crippen LogP contribution >= 0.6 is 11.3 Å². The number of aromatic hydroxyl groups is 1. The number of ether oxygens (including phenoxy) is 1. The summed E-state index contributed by atoms with van der Waals surface area (Å²) < 4.78 is 5.14. The highest BCUT2D eigenvalue weighted by Gasteiger charge is 2.11. The number of phenols is 1. The van der Waals surface area contributed by atoms with Crippen LogP contribution in [0, 0.1) is 0 Å². The van der Waals surface area contributed by atoms with E-state index in [1.165, 1.54) is 4.88 Å². The van der Waals surface area contributed by atoms with E-state index in [1.807, 2.05) is 12.1 Å². The van der Waals surface area contributed by atoms with Gasteiger partial charge in [0.2, 0.25) is 0 Å². The third kappa shape index (κ3) is 3.74. The molecule has 0 aliphatic heterocycles. The maximum Gasteiger partial charge on any atom is 0.160 e. The molecule has 1 atom stereocenters. The Morgan fingerprint density at radius 2 is 2.20 bits per heavy atom. The molecule has 0 fully saturated rings. The topological polar surface area (TPSA) is 41.5 Å². The molecule has 0 radical (unpaired) electrons. The second-order valence-electron chi connectivity index (χ2n) is 4.74. The summed E-state index contributed by atoms with van der Waals surface area (Å²) in [5.41, 5.74) is 1.11. The van der Waals surface area contributed by atoms with Gasteiger partial charge in [-0.1, -0.05) is 25.5 Å². The molecule has 1 unspecified atom stereocenters. The first kappa shape index (κ1) is 14.9. The van der Waals surface area contributed by atoms with Crippen LogP contribution in [0.1, 0.15) is 36.2 Å². The number of methoxy groups -OCH3 is 1. The zero-order chi connectivity index (χ0) is 14.4. The fraction of sp³-hybridized carbons (Fsp3) is 0.375. The summed E-state index contributed by atoms with van der Waals surface area (Å²) in [6, 6.07) is 10.1. The maximum absolute atomic E-state index is 9.60. The average molecular weight is 291 g/mol. The monoisotopic (exact) mass is 291 g/mol. The summed E-state index contributed by atoms with van der Waals surface area (Å²) in [6.45, 7) is 2.96. The molecule has 0 saturated heterocycles. The lowest BCUT2D eigenvalue weighted by molar-refractivity contribution is 0.372. The molecule has 1 aromatic carbocycles. The molecule has 3 nitrogen and oxygen atoms in total. The molecule has 2 rings (SSSR count). The van der Waals surface area contributed by atoms with Crippen molar-refractivity contribution in [3.8, 4) is 11.5 Å². The minimum Gasteiger partial charge on any atom is -0.504 e. The molecular formula is C16H21NO2S. The largest absolute Gasteiger partial charge is 0.504 e. The molecule has 1 heterocycles. The molecule has 0 aliphatic carbocycles. The van der Waals surface area contributed by atoms with Gasteiger partial charge in [0.25, 0.3) is 0 Å². The van der Waals surface area contributed by atoms with Gasteiger partial charge in [-0.3, -0.25) is 0 Å². The number of benzene rings is 1. The Balaban J connectivity index is 2.02. The van der Waals surface area contributed by atoms with Crippen LogP contribution in [0.15, 0.2) is 35.7 Å². The molecule has 2 aromatic rings. The van der Waals surface area contributed by atoms with Gasteiger partial charge < -0.3 is 15.2 Å². The summed E-state index contributed by atoms with van der Waals surface area (Å²) in [5.74, 6) is 0.701.